The normalized spacial score (nSPS) is 16.4. The van der Waals surface area contributed by atoms with Crippen LogP contribution in [-0.2, 0) is 26.2 Å². The second kappa shape index (κ2) is 12.9. The lowest BCUT2D eigenvalue weighted by Gasteiger charge is -2.29. The Morgan fingerprint density at radius 2 is 1.80 bits per heavy atom. The minimum atomic E-state index is -5.08. The Kier molecular flexibility index (Phi) is 9.34. The molecule has 3 N–H and O–H groups in total. The maximum atomic E-state index is 13.6. The molecule has 4 heterocycles. The van der Waals surface area contributed by atoms with E-state index in [4.69, 9.17) is 9.90 Å². The van der Waals surface area contributed by atoms with E-state index < -0.39 is 28.1 Å². The number of aromatic amines is 1. The molecule has 1 aliphatic carbocycles. The van der Waals surface area contributed by atoms with Crippen LogP contribution in [0.3, 0.4) is 0 Å². The third-order valence-corrected chi connectivity index (χ3v) is 11.6. The number of para-hydroxylation sites is 1. The zero-order valence-corrected chi connectivity index (χ0v) is 25.6. The molecule has 0 unspecified atom stereocenters. The van der Waals surface area contributed by atoms with Gasteiger partial charge in [0.2, 0.25) is 0 Å². The predicted molar refractivity (Wildman–Crippen MR) is 160 cm³/mol. The number of anilines is 1. The van der Waals surface area contributed by atoms with Gasteiger partial charge in [-0.15, -0.1) is 22.7 Å². The van der Waals surface area contributed by atoms with Crippen molar-refractivity contribution >= 4 is 61.2 Å². The Balaban J connectivity index is 0.000000493. The highest BCUT2D eigenvalue weighted by Gasteiger charge is 2.38. The minimum Gasteiger partial charge on any atom is -0.481 e. The number of rotatable bonds is 9. The second-order valence-electron chi connectivity index (χ2n) is 10.7. The van der Waals surface area contributed by atoms with E-state index >= 15 is 0 Å². The van der Waals surface area contributed by atoms with Crippen molar-refractivity contribution in [1.29, 1.82) is 0 Å². The summed E-state index contributed by atoms with van der Waals surface area (Å²) in [5, 5.41) is 20.0. The van der Waals surface area contributed by atoms with Crippen molar-refractivity contribution in [3.05, 3.63) is 52.9 Å². The van der Waals surface area contributed by atoms with Crippen molar-refractivity contribution in [2.24, 2.45) is 11.8 Å². The molecule has 16 heteroatoms. The highest BCUT2D eigenvalue weighted by Crippen LogP contribution is 2.39. The first-order chi connectivity index (χ1) is 20.8. The van der Waals surface area contributed by atoms with Gasteiger partial charge in [-0.2, -0.15) is 13.2 Å². The van der Waals surface area contributed by atoms with Crippen LogP contribution in [0.5, 0.6) is 0 Å². The van der Waals surface area contributed by atoms with E-state index in [1.165, 1.54) is 11.3 Å². The number of aromatic nitrogens is 2. The quantitative estimate of drug-likeness (QED) is 0.200. The van der Waals surface area contributed by atoms with E-state index in [-0.39, 0.29) is 5.92 Å². The van der Waals surface area contributed by atoms with Gasteiger partial charge in [-0.3, -0.25) is 14.0 Å². The third kappa shape index (κ3) is 7.42. The van der Waals surface area contributed by atoms with E-state index in [1.807, 2.05) is 30.5 Å². The number of likely N-dealkylation sites (tertiary alicyclic amines) is 1. The number of H-pyrrole nitrogens is 1. The van der Waals surface area contributed by atoms with E-state index in [0.29, 0.717) is 35.2 Å². The summed E-state index contributed by atoms with van der Waals surface area (Å²) in [7, 11) is -3.66. The van der Waals surface area contributed by atoms with Crippen LogP contribution in [0.15, 0.2) is 52.2 Å². The molecule has 4 aromatic rings. The monoisotopic (exact) mass is 670 g/mol. The largest absolute Gasteiger partial charge is 0.490 e. The number of nitrogens with zero attached hydrogens (tertiary/aromatic N) is 3. The molecule has 236 valence electrons. The molecule has 6 rings (SSSR count). The van der Waals surface area contributed by atoms with Crippen molar-refractivity contribution < 1.29 is 41.4 Å². The molecule has 0 radical (unpaired) electrons. The van der Waals surface area contributed by atoms with Crippen LogP contribution in [0, 0.1) is 11.8 Å². The predicted octanol–water partition coefficient (Wildman–Crippen LogP) is 5.89. The minimum absolute atomic E-state index is 0.239. The van der Waals surface area contributed by atoms with Gasteiger partial charge in [-0.05, 0) is 68.3 Å². The molecule has 0 atom stereocenters. The first kappa shape index (κ1) is 31.9. The number of carbonyl (C=O) groups is 2. The number of hydrogen-bond acceptors (Lipinski definition) is 8. The van der Waals surface area contributed by atoms with Crippen molar-refractivity contribution in [3.63, 3.8) is 0 Å². The topological polar surface area (TPSA) is 144 Å². The summed E-state index contributed by atoms with van der Waals surface area (Å²) in [5.41, 5.74) is 2.33. The SMILES string of the molecule is O=C(O)C(F)(F)F.O=C(O)C1CCN(Cc2cnc(-c3cc4cccc(N(CC5CC5)S(=O)(=O)c5cccs5)c4[nH]3)s2)CC1. The summed E-state index contributed by atoms with van der Waals surface area (Å²) in [6.07, 6.45) is 0.266. The fourth-order valence-electron chi connectivity index (χ4n) is 4.91. The van der Waals surface area contributed by atoms with E-state index in [0.717, 1.165) is 59.0 Å². The van der Waals surface area contributed by atoms with Crippen LogP contribution in [-0.4, -0.2) is 71.2 Å². The molecular formula is C28H29F3N4O6S3. The average molecular weight is 671 g/mol. The molecule has 1 saturated heterocycles. The van der Waals surface area contributed by atoms with E-state index in [9.17, 15) is 31.5 Å². The summed E-state index contributed by atoms with van der Waals surface area (Å²) in [6, 6.07) is 11.3. The molecule has 3 aromatic heterocycles. The number of alkyl halides is 3. The molecular weight excluding hydrogens is 642 g/mol. The van der Waals surface area contributed by atoms with Crippen molar-refractivity contribution in [2.75, 3.05) is 23.9 Å². The van der Waals surface area contributed by atoms with E-state index in [2.05, 4.69) is 14.9 Å². The second-order valence-corrected chi connectivity index (χ2v) is 14.8. The number of carboxylic acids is 2. The summed E-state index contributed by atoms with van der Waals surface area (Å²) in [5.74, 6) is -3.30. The molecule has 10 nitrogen and oxygen atoms in total. The van der Waals surface area contributed by atoms with Crippen LogP contribution in [0.4, 0.5) is 18.9 Å². The number of piperidine rings is 1. The van der Waals surface area contributed by atoms with Crippen molar-refractivity contribution in [2.45, 2.75) is 42.6 Å². The van der Waals surface area contributed by atoms with Gasteiger partial charge in [-0.1, -0.05) is 18.2 Å². The molecule has 44 heavy (non-hydrogen) atoms. The lowest BCUT2D eigenvalue weighted by atomic mass is 9.97. The molecule has 0 bridgehead atoms. The summed E-state index contributed by atoms with van der Waals surface area (Å²) in [4.78, 5) is 31.6. The van der Waals surface area contributed by atoms with Crippen LogP contribution in [0.1, 0.15) is 30.6 Å². The first-order valence-electron chi connectivity index (χ1n) is 13.7. The standard InChI is InChI=1S/C26H28N4O4S3.C2HF3O2/c31-26(32)18-8-10-29(11-9-18)16-20-14-27-25(36-20)21-13-19-3-1-4-22(24(19)28-21)30(15-17-6-7-17)37(33,34)23-5-2-12-35-23;3-2(4,5)1(6)7/h1-5,12-14,17-18,28H,6-11,15-16H2,(H,31,32);(H,6,7). The van der Waals surface area contributed by atoms with Gasteiger partial charge in [-0.25, -0.2) is 18.2 Å². The maximum Gasteiger partial charge on any atom is 0.490 e. The Hall–Kier alpha value is -3.47. The van der Waals surface area contributed by atoms with Crippen LogP contribution in [0.25, 0.3) is 21.6 Å². The Bertz CT molecular complexity index is 1720. The number of benzene rings is 1. The molecule has 1 aromatic carbocycles. The number of aliphatic carboxylic acids is 2. The average Bonchev–Trinajstić information content (AvgIpc) is 3.36. The molecule has 0 spiro atoms. The fraction of sp³-hybridized carbons (Fsp3) is 0.393. The molecule has 1 saturated carbocycles. The van der Waals surface area contributed by atoms with Crippen molar-refractivity contribution in [1.82, 2.24) is 14.9 Å². The van der Waals surface area contributed by atoms with Gasteiger partial charge in [0.1, 0.15) is 9.22 Å². The number of thiazole rings is 1. The van der Waals surface area contributed by atoms with Gasteiger partial charge < -0.3 is 15.2 Å². The highest BCUT2D eigenvalue weighted by atomic mass is 32.2. The Morgan fingerprint density at radius 3 is 2.39 bits per heavy atom. The lowest BCUT2D eigenvalue weighted by molar-refractivity contribution is -0.192. The maximum absolute atomic E-state index is 13.6. The number of fused-ring (bicyclic) bond motifs is 1. The number of nitrogens with one attached hydrogen (secondary N) is 1. The molecule has 1 aliphatic heterocycles. The third-order valence-electron chi connectivity index (χ3n) is 7.41. The molecule has 2 aliphatic rings. The van der Waals surface area contributed by atoms with Crippen LogP contribution >= 0.6 is 22.7 Å². The highest BCUT2D eigenvalue weighted by molar-refractivity contribution is 7.94. The Morgan fingerprint density at radius 1 is 1.09 bits per heavy atom. The molecule has 2 fully saturated rings. The number of hydrogen-bond donors (Lipinski definition) is 3. The number of sulfonamides is 1. The smallest absolute Gasteiger partial charge is 0.481 e. The zero-order chi connectivity index (χ0) is 31.6. The fourth-order valence-corrected chi connectivity index (χ4v) is 8.49. The summed E-state index contributed by atoms with van der Waals surface area (Å²) in [6.45, 7) is 2.78. The van der Waals surface area contributed by atoms with Gasteiger partial charge in [0, 0.05) is 29.5 Å². The van der Waals surface area contributed by atoms with Gasteiger partial charge >= 0.3 is 18.1 Å². The number of thiophene rings is 1. The summed E-state index contributed by atoms with van der Waals surface area (Å²) >= 11 is 2.85. The number of halogens is 3. The molecule has 0 amide bonds. The van der Waals surface area contributed by atoms with Crippen molar-refractivity contribution in [3.8, 4) is 10.7 Å². The van der Waals surface area contributed by atoms with E-state index in [1.54, 1.807) is 33.2 Å². The van der Waals surface area contributed by atoms with Crippen LogP contribution < -0.4 is 4.31 Å². The Labute approximate surface area is 258 Å². The summed E-state index contributed by atoms with van der Waals surface area (Å²) < 4.78 is 60.9. The zero-order valence-electron chi connectivity index (χ0n) is 23.2. The van der Waals surface area contributed by atoms with Crippen LogP contribution in [0.2, 0.25) is 0 Å². The van der Waals surface area contributed by atoms with Gasteiger partial charge in [0.05, 0.1) is 22.8 Å². The lowest BCUT2D eigenvalue weighted by Crippen LogP contribution is -2.35. The van der Waals surface area contributed by atoms with Gasteiger partial charge in [0.25, 0.3) is 10.0 Å². The number of carboxylic acid groups (broad SMARTS) is 2. The first-order valence-corrected chi connectivity index (χ1v) is 16.8. The van der Waals surface area contributed by atoms with Gasteiger partial charge in [0.15, 0.2) is 0 Å².